The van der Waals surface area contributed by atoms with Gasteiger partial charge in [-0.25, -0.2) is 5.43 Å². The molecule has 1 N–H and O–H groups in total. The maximum atomic E-state index is 11.6. The maximum Gasteiger partial charge on any atom is 0.307 e. The van der Waals surface area contributed by atoms with Crippen molar-refractivity contribution in [2.45, 2.75) is 6.92 Å². The lowest BCUT2D eigenvalue weighted by molar-refractivity contribution is 0.0927. The summed E-state index contributed by atoms with van der Waals surface area (Å²) in [6.45, 7) is 1.79. The number of hydrazone groups is 1. The molecule has 5 heteroatoms. The van der Waals surface area contributed by atoms with Crippen molar-refractivity contribution in [3.05, 3.63) is 59.0 Å². The molecule has 0 fully saturated rings. The molecule has 0 unspecified atom stereocenters. The van der Waals surface area contributed by atoms with Gasteiger partial charge < -0.3 is 4.42 Å². The van der Waals surface area contributed by atoms with E-state index in [0.29, 0.717) is 10.7 Å². The zero-order valence-electron chi connectivity index (χ0n) is 9.68. The largest absolute Gasteiger partial charge is 0.459 e. The Balaban J connectivity index is 2.08. The summed E-state index contributed by atoms with van der Waals surface area (Å²) in [4.78, 5) is 11.6. The van der Waals surface area contributed by atoms with Crippen molar-refractivity contribution in [2.75, 3.05) is 0 Å². The van der Waals surface area contributed by atoms with Crippen molar-refractivity contribution >= 4 is 23.2 Å². The quantitative estimate of drug-likeness (QED) is 0.683. The van der Waals surface area contributed by atoms with Gasteiger partial charge in [0.2, 0.25) is 0 Å². The van der Waals surface area contributed by atoms with Crippen LogP contribution >= 0.6 is 11.6 Å². The molecule has 0 aliphatic rings. The summed E-state index contributed by atoms with van der Waals surface area (Å²) in [5.41, 5.74) is 3.93. The van der Waals surface area contributed by atoms with E-state index in [-0.39, 0.29) is 11.7 Å². The van der Waals surface area contributed by atoms with E-state index in [1.807, 2.05) is 12.1 Å². The minimum absolute atomic E-state index is 0.220. The van der Waals surface area contributed by atoms with E-state index in [2.05, 4.69) is 10.5 Å². The van der Waals surface area contributed by atoms with Crippen molar-refractivity contribution in [1.82, 2.24) is 5.43 Å². The Kier molecular flexibility index (Phi) is 3.79. The van der Waals surface area contributed by atoms with Crippen LogP contribution in [-0.4, -0.2) is 11.6 Å². The van der Waals surface area contributed by atoms with Crippen LogP contribution < -0.4 is 5.43 Å². The average molecular weight is 263 g/mol. The highest BCUT2D eigenvalue weighted by Crippen LogP contribution is 2.11. The number of hydrogen-bond donors (Lipinski definition) is 1. The van der Waals surface area contributed by atoms with Crippen LogP contribution in [0.3, 0.4) is 0 Å². The van der Waals surface area contributed by atoms with Crippen LogP contribution in [-0.2, 0) is 0 Å². The first-order valence-electron chi connectivity index (χ1n) is 5.31. The van der Waals surface area contributed by atoms with Gasteiger partial charge in [0, 0.05) is 5.02 Å². The van der Waals surface area contributed by atoms with Crippen LogP contribution in [0.15, 0.2) is 52.2 Å². The number of hydrogen-bond acceptors (Lipinski definition) is 3. The molecule has 92 valence electrons. The zero-order valence-corrected chi connectivity index (χ0v) is 10.4. The summed E-state index contributed by atoms with van der Waals surface area (Å²) < 4.78 is 4.95. The molecule has 4 nitrogen and oxygen atoms in total. The summed E-state index contributed by atoms with van der Waals surface area (Å²) in [6, 6.07) is 10.5. The number of halogens is 1. The van der Waals surface area contributed by atoms with Crippen LogP contribution in [0.2, 0.25) is 5.02 Å². The lowest BCUT2D eigenvalue weighted by Crippen LogP contribution is -2.18. The van der Waals surface area contributed by atoms with Crippen molar-refractivity contribution < 1.29 is 9.21 Å². The highest BCUT2D eigenvalue weighted by Gasteiger charge is 2.07. The van der Waals surface area contributed by atoms with Gasteiger partial charge >= 0.3 is 5.91 Å². The monoisotopic (exact) mass is 262 g/mol. The second kappa shape index (κ2) is 5.51. The zero-order chi connectivity index (χ0) is 13.0. The Morgan fingerprint density at radius 2 is 2.17 bits per heavy atom. The summed E-state index contributed by atoms with van der Waals surface area (Å²) in [5, 5.41) is 4.61. The summed E-state index contributed by atoms with van der Waals surface area (Å²) in [7, 11) is 0. The first-order chi connectivity index (χ1) is 8.66. The number of carbonyl (C=O) groups excluding carboxylic acids is 1. The van der Waals surface area contributed by atoms with Crippen LogP contribution in [0, 0.1) is 0 Å². The fraction of sp³-hybridized carbons (Fsp3) is 0.0769. The molecule has 1 amide bonds. The van der Waals surface area contributed by atoms with Gasteiger partial charge in [-0.1, -0.05) is 23.7 Å². The van der Waals surface area contributed by atoms with Gasteiger partial charge in [-0.2, -0.15) is 5.10 Å². The summed E-state index contributed by atoms with van der Waals surface area (Å²) in [5.74, 6) is -0.168. The molecule has 0 saturated carbocycles. The number of nitrogens with one attached hydrogen (secondary N) is 1. The Labute approximate surface area is 109 Å². The van der Waals surface area contributed by atoms with E-state index in [1.165, 1.54) is 6.26 Å². The van der Waals surface area contributed by atoms with E-state index < -0.39 is 0 Å². The fourth-order valence-corrected chi connectivity index (χ4v) is 1.57. The molecule has 0 spiro atoms. The standard InChI is InChI=1S/C13H11ClN2O2/c1-9(10-4-2-5-11(14)8-10)15-16-13(17)12-6-3-7-18-12/h2-8H,1H3,(H,16,17)/b15-9-. The van der Waals surface area contributed by atoms with Gasteiger partial charge in [-0.3, -0.25) is 4.79 Å². The lowest BCUT2D eigenvalue weighted by Gasteiger charge is -2.02. The van der Waals surface area contributed by atoms with E-state index in [9.17, 15) is 4.79 Å². The summed E-state index contributed by atoms with van der Waals surface area (Å²) in [6.07, 6.45) is 1.43. The molecular formula is C13H11ClN2O2. The molecule has 0 bridgehead atoms. The lowest BCUT2D eigenvalue weighted by atomic mass is 10.1. The van der Waals surface area contributed by atoms with Gasteiger partial charge in [0.1, 0.15) is 0 Å². The van der Waals surface area contributed by atoms with Crippen LogP contribution in [0.25, 0.3) is 0 Å². The number of benzene rings is 1. The molecule has 1 aromatic heterocycles. The third-order valence-corrected chi connectivity index (χ3v) is 2.55. The first kappa shape index (κ1) is 12.4. The minimum Gasteiger partial charge on any atom is -0.459 e. The number of amides is 1. The third kappa shape index (κ3) is 2.99. The van der Waals surface area contributed by atoms with Crippen molar-refractivity contribution in [3.63, 3.8) is 0 Å². The molecule has 0 aliphatic heterocycles. The van der Waals surface area contributed by atoms with Gasteiger partial charge in [-0.15, -0.1) is 0 Å². The Bertz CT molecular complexity index is 576. The van der Waals surface area contributed by atoms with E-state index in [0.717, 1.165) is 5.56 Å². The highest BCUT2D eigenvalue weighted by molar-refractivity contribution is 6.31. The maximum absolute atomic E-state index is 11.6. The van der Waals surface area contributed by atoms with Gasteiger partial charge in [-0.05, 0) is 36.8 Å². The summed E-state index contributed by atoms with van der Waals surface area (Å²) >= 11 is 5.88. The van der Waals surface area contributed by atoms with Gasteiger partial charge in [0.15, 0.2) is 5.76 Å². The Morgan fingerprint density at radius 3 is 2.83 bits per heavy atom. The van der Waals surface area contributed by atoms with Crippen LogP contribution in [0.1, 0.15) is 23.0 Å². The topological polar surface area (TPSA) is 54.6 Å². The number of furan rings is 1. The smallest absolute Gasteiger partial charge is 0.307 e. The second-order valence-corrected chi connectivity index (χ2v) is 4.06. The van der Waals surface area contributed by atoms with E-state index in [4.69, 9.17) is 16.0 Å². The predicted molar refractivity (Wildman–Crippen MR) is 69.8 cm³/mol. The molecule has 0 saturated heterocycles. The van der Waals surface area contributed by atoms with E-state index in [1.54, 1.807) is 31.2 Å². The molecule has 0 aliphatic carbocycles. The van der Waals surface area contributed by atoms with Crippen LogP contribution in [0.4, 0.5) is 0 Å². The number of rotatable bonds is 3. The van der Waals surface area contributed by atoms with Crippen LogP contribution in [0.5, 0.6) is 0 Å². The number of nitrogens with zero attached hydrogens (tertiary/aromatic N) is 1. The Morgan fingerprint density at radius 1 is 1.33 bits per heavy atom. The highest BCUT2D eigenvalue weighted by atomic mass is 35.5. The predicted octanol–water partition coefficient (Wildman–Crippen LogP) is 3.09. The molecule has 1 heterocycles. The molecule has 1 aromatic carbocycles. The van der Waals surface area contributed by atoms with Crippen molar-refractivity contribution in [1.29, 1.82) is 0 Å². The molecule has 2 aromatic rings. The normalized spacial score (nSPS) is 11.3. The Hall–Kier alpha value is -2.07. The fourth-order valence-electron chi connectivity index (χ4n) is 1.38. The minimum atomic E-state index is -0.388. The molecule has 2 rings (SSSR count). The molecule has 18 heavy (non-hydrogen) atoms. The van der Waals surface area contributed by atoms with Gasteiger partial charge in [0.05, 0.1) is 12.0 Å². The van der Waals surface area contributed by atoms with Crippen molar-refractivity contribution in [3.8, 4) is 0 Å². The first-order valence-corrected chi connectivity index (χ1v) is 5.68. The second-order valence-electron chi connectivity index (χ2n) is 3.63. The average Bonchev–Trinajstić information content (AvgIpc) is 2.89. The third-order valence-electron chi connectivity index (χ3n) is 2.31. The van der Waals surface area contributed by atoms with Gasteiger partial charge in [0.25, 0.3) is 0 Å². The molecular weight excluding hydrogens is 252 g/mol. The van der Waals surface area contributed by atoms with Crippen molar-refractivity contribution in [2.24, 2.45) is 5.10 Å². The SMILES string of the molecule is C/C(=N/NC(=O)c1ccco1)c1cccc(Cl)c1. The van der Waals surface area contributed by atoms with E-state index >= 15 is 0 Å². The number of carbonyl (C=O) groups is 1. The molecule has 0 radical (unpaired) electrons. The molecule has 0 atom stereocenters.